The second-order valence-electron chi connectivity index (χ2n) is 4.12. The van der Waals surface area contributed by atoms with Crippen LogP contribution in [0.15, 0.2) is 35.2 Å². The monoisotopic (exact) mass is 267 g/mol. The van der Waals surface area contributed by atoms with Crippen LogP contribution in [-0.2, 0) is 4.79 Å². The Bertz CT molecular complexity index is 339. The first-order valence-electron chi connectivity index (χ1n) is 6.34. The first kappa shape index (κ1) is 15.1. The molecule has 0 saturated heterocycles. The van der Waals surface area contributed by atoms with E-state index in [2.05, 4.69) is 17.4 Å². The van der Waals surface area contributed by atoms with Crippen molar-refractivity contribution < 1.29 is 9.90 Å². The Hall–Kier alpha value is -1.00. The Kier molecular flexibility index (Phi) is 7.53. The van der Waals surface area contributed by atoms with E-state index in [1.807, 2.05) is 25.1 Å². The standard InChI is InChI=1S/C14H21NO2S/c1-2-12(11-16)15-14(17)9-6-10-18-13-7-4-3-5-8-13/h3-5,7-8,12,16H,2,6,9-11H2,1H3,(H,15,17). The largest absolute Gasteiger partial charge is 0.394 e. The number of carbonyl (C=O) groups is 1. The smallest absolute Gasteiger partial charge is 0.220 e. The highest BCUT2D eigenvalue weighted by Crippen LogP contribution is 2.18. The van der Waals surface area contributed by atoms with Crippen molar-refractivity contribution in [1.82, 2.24) is 5.32 Å². The lowest BCUT2D eigenvalue weighted by molar-refractivity contribution is -0.122. The van der Waals surface area contributed by atoms with Crippen LogP contribution in [0.25, 0.3) is 0 Å². The van der Waals surface area contributed by atoms with Gasteiger partial charge in [0.15, 0.2) is 0 Å². The van der Waals surface area contributed by atoms with E-state index >= 15 is 0 Å². The van der Waals surface area contributed by atoms with Crippen LogP contribution >= 0.6 is 11.8 Å². The third kappa shape index (κ3) is 6.07. The number of hydrogen-bond acceptors (Lipinski definition) is 3. The van der Waals surface area contributed by atoms with Gasteiger partial charge in [0, 0.05) is 11.3 Å². The van der Waals surface area contributed by atoms with Gasteiger partial charge in [-0.1, -0.05) is 25.1 Å². The molecular formula is C14H21NO2S. The van der Waals surface area contributed by atoms with Crippen LogP contribution in [0.5, 0.6) is 0 Å². The van der Waals surface area contributed by atoms with Crippen LogP contribution < -0.4 is 5.32 Å². The number of amides is 1. The molecule has 0 aliphatic rings. The van der Waals surface area contributed by atoms with Crippen molar-refractivity contribution in [3.63, 3.8) is 0 Å². The molecule has 0 aliphatic heterocycles. The molecule has 0 radical (unpaired) electrons. The molecule has 1 amide bonds. The predicted molar refractivity (Wildman–Crippen MR) is 75.7 cm³/mol. The zero-order valence-electron chi connectivity index (χ0n) is 10.8. The highest BCUT2D eigenvalue weighted by molar-refractivity contribution is 7.99. The Labute approximate surface area is 113 Å². The summed E-state index contributed by atoms with van der Waals surface area (Å²) in [6, 6.07) is 10.1. The number of rotatable bonds is 8. The van der Waals surface area contributed by atoms with E-state index < -0.39 is 0 Å². The Morgan fingerprint density at radius 2 is 2.11 bits per heavy atom. The topological polar surface area (TPSA) is 49.3 Å². The van der Waals surface area contributed by atoms with E-state index in [0.717, 1.165) is 18.6 Å². The molecule has 1 aromatic rings. The molecule has 0 aromatic heterocycles. The third-order valence-electron chi connectivity index (χ3n) is 2.64. The highest BCUT2D eigenvalue weighted by Gasteiger charge is 2.08. The molecule has 100 valence electrons. The predicted octanol–water partition coefficient (Wildman–Crippen LogP) is 2.45. The molecule has 18 heavy (non-hydrogen) atoms. The van der Waals surface area contributed by atoms with E-state index in [9.17, 15) is 4.79 Å². The van der Waals surface area contributed by atoms with E-state index in [-0.39, 0.29) is 18.6 Å². The first-order chi connectivity index (χ1) is 8.76. The summed E-state index contributed by atoms with van der Waals surface area (Å²) < 4.78 is 0. The minimum absolute atomic E-state index is 0.0149. The molecule has 3 nitrogen and oxygen atoms in total. The number of aliphatic hydroxyl groups is 1. The summed E-state index contributed by atoms with van der Waals surface area (Å²) >= 11 is 1.76. The number of carbonyl (C=O) groups excluding carboxylic acids is 1. The first-order valence-corrected chi connectivity index (χ1v) is 7.33. The van der Waals surface area contributed by atoms with Crippen molar-refractivity contribution in [2.24, 2.45) is 0 Å². The molecule has 1 unspecified atom stereocenters. The van der Waals surface area contributed by atoms with Crippen molar-refractivity contribution in [1.29, 1.82) is 0 Å². The summed E-state index contributed by atoms with van der Waals surface area (Å²) in [6.45, 7) is 1.97. The average Bonchev–Trinajstić information content (AvgIpc) is 2.42. The number of benzene rings is 1. The van der Waals surface area contributed by atoms with E-state index in [1.54, 1.807) is 11.8 Å². The zero-order chi connectivity index (χ0) is 13.2. The van der Waals surface area contributed by atoms with Gasteiger partial charge >= 0.3 is 0 Å². The summed E-state index contributed by atoms with van der Waals surface area (Å²) in [5.41, 5.74) is 0. The van der Waals surface area contributed by atoms with E-state index in [1.165, 1.54) is 4.90 Å². The number of aliphatic hydroxyl groups excluding tert-OH is 1. The van der Waals surface area contributed by atoms with Crippen molar-refractivity contribution in [3.8, 4) is 0 Å². The Morgan fingerprint density at radius 1 is 1.39 bits per heavy atom. The van der Waals surface area contributed by atoms with Crippen LogP contribution in [0.1, 0.15) is 26.2 Å². The summed E-state index contributed by atoms with van der Waals surface area (Å²) in [5.74, 6) is 0.970. The lowest BCUT2D eigenvalue weighted by Gasteiger charge is -2.13. The van der Waals surface area contributed by atoms with Crippen LogP contribution in [0, 0.1) is 0 Å². The number of hydrogen-bond donors (Lipinski definition) is 2. The maximum atomic E-state index is 11.6. The fraction of sp³-hybridized carbons (Fsp3) is 0.500. The maximum absolute atomic E-state index is 11.6. The molecule has 2 N–H and O–H groups in total. The normalized spacial score (nSPS) is 12.1. The highest BCUT2D eigenvalue weighted by atomic mass is 32.2. The fourth-order valence-corrected chi connectivity index (χ4v) is 2.39. The molecule has 4 heteroatoms. The van der Waals surface area contributed by atoms with Gasteiger partial charge in [0.1, 0.15) is 0 Å². The molecule has 0 heterocycles. The molecule has 0 fully saturated rings. The summed E-state index contributed by atoms with van der Waals surface area (Å²) in [4.78, 5) is 12.8. The van der Waals surface area contributed by atoms with Crippen LogP contribution in [-0.4, -0.2) is 29.4 Å². The number of thioether (sulfide) groups is 1. The van der Waals surface area contributed by atoms with Gasteiger partial charge in [0.2, 0.25) is 5.91 Å². The molecule has 0 spiro atoms. The number of nitrogens with one attached hydrogen (secondary N) is 1. The molecule has 1 rings (SSSR count). The zero-order valence-corrected chi connectivity index (χ0v) is 11.6. The average molecular weight is 267 g/mol. The fourth-order valence-electron chi connectivity index (χ4n) is 1.52. The van der Waals surface area contributed by atoms with Crippen LogP contribution in [0.4, 0.5) is 0 Å². The van der Waals surface area contributed by atoms with Gasteiger partial charge in [-0.15, -0.1) is 11.8 Å². The molecule has 0 aliphatic carbocycles. The second-order valence-corrected chi connectivity index (χ2v) is 5.29. The minimum Gasteiger partial charge on any atom is -0.394 e. The molecular weight excluding hydrogens is 246 g/mol. The summed E-state index contributed by atoms with van der Waals surface area (Å²) in [5, 5.41) is 11.8. The van der Waals surface area contributed by atoms with Crippen molar-refractivity contribution in [2.75, 3.05) is 12.4 Å². The van der Waals surface area contributed by atoms with Gasteiger partial charge in [-0.3, -0.25) is 4.79 Å². The van der Waals surface area contributed by atoms with Crippen molar-refractivity contribution in [2.45, 2.75) is 37.1 Å². The summed E-state index contributed by atoms with van der Waals surface area (Å²) in [7, 11) is 0. The summed E-state index contributed by atoms with van der Waals surface area (Å²) in [6.07, 6.45) is 2.14. The maximum Gasteiger partial charge on any atom is 0.220 e. The van der Waals surface area contributed by atoms with E-state index in [4.69, 9.17) is 5.11 Å². The molecule has 1 aromatic carbocycles. The van der Waals surface area contributed by atoms with Gasteiger partial charge in [-0.2, -0.15) is 0 Å². The van der Waals surface area contributed by atoms with Gasteiger partial charge in [0.25, 0.3) is 0 Å². The SMILES string of the molecule is CCC(CO)NC(=O)CCCSc1ccccc1. The van der Waals surface area contributed by atoms with E-state index in [0.29, 0.717) is 6.42 Å². The minimum atomic E-state index is -0.0979. The van der Waals surface area contributed by atoms with Crippen LogP contribution in [0.2, 0.25) is 0 Å². The Morgan fingerprint density at radius 3 is 2.72 bits per heavy atom. The van der Waals surface area contributed by atoms with Gasteiger partial charge < -0.3 is 10.4 Å². The lowest BCUT2D eigenvalue weighted by atomic mass is 10.2. The third-order valence-corrected chi connectivity index (χ3v) is 3.74. The van der Waals surface area contributed by atoms with Gasteiger partial charge in [-0.25, -0.2) is 0 Å². The van der Waals surface area contributed by atoms with Gasteiger partial charge in [-0.05, 0) is 30.7 Å². The van der Waals surface area contributed by atoms with Crippen LogP contribution in [0.3, 0.4) is 0 Å². The lowest BCUT2D eigenvalue weighted by Crippen LogP contribution is -2.36. The second kappa shape index (κ2) is 9.00. The quantitative estimate of drug-likeness (QED) is 0.562. The van der Waals surface area contributed by atoms with Gasteiger partial charge in [0.05, 0.1) is 12.6 Å². The molecule has 0 saturated carbocycles. The van der Waals surface area contributed by atoms with Crippen molar-refractivity contribution in [3.05, 3.63) is 30.3 Å². The molecule has 1 atom stereocenters. The molecule has 0 bridgehead atoms. The van der Waals surface area contributed by atoms with Crippen molar-refractivity contribution >= 4 is 17.7 Å². The Balaban J connectivity index is 2.12.